The van der Waals surface area contributed by atoms with Crippen molar-refractivity contribution >= 4 is 11.9 Å². The van der Waals surface area contributed by atoms with Gasteiger partial charge in [0.1, 0.15) is 5.75 Å². The fourth-order valence-electron chi connectivity index (χ4n) is 2.92. The number of benzene rings is 1. The number of ketones is 1. The number of phenols is 1. The maximum Gasteiger partial charge on any atom is 0.178 e. The fourth-order valence-corrected chi connectivity index (χ4v) is 2.92. The normalized spacial score (nSPS) is 20.5. The molecule has 2 heteroatoms. The quantitative estimate of drug-likeness (QED) is 0.870. The third-order valence-corrected chi connectivity index (χ3v) is 3.77. The lowest BCUT2D eigenvalue weighted by atomic mass is 9.75. The van der Waals surface area contributed by atoms with Gasteiger partial charge < -0.3 is 5.11 Å². The molecule has 0 spiro atoms. The van der Waals surface area contributed by atoms with Crippen LogP contribution in [0.3, 0.4) is 0 Å². The monoisotopic (exact) mass is 252 g/mol. The summed E-state index contributed by atoms with van der Waals surface area (Å²) in [5.74, 6) is 0.549. The maximum absolute atomic E-state index is 11.6. The van der Waals surface area contributed by atoms with Crippen LogP contribution in [0, 0.1) is 0 Å². The molecule has 2 aliphatic carbocycles. The fraction of sp³-hybridized carbons (Fsp3) is 0.235. The van der Waals surface area contributed by atoms with Gasteiger partial charge in [0, 0.05) is 5.92 Å². The van der Waals surface area contributed by atoms with Gasteiger partial charge in [0.2, 0.25) is 0 Å². The first kappa shape index (κ1) is 12.0. The van der Waals surface area contributed by atoms with E-state index in [4.69, 9.17) is 0 Å². The van der Waals surface area contributed by atoms with Gasteiger partial charge in [0.25, 0.3) is 0 Å². The topological polar surface area (TPSA) is 37.3 Å². The van der Waals surface area contributed by atoms with E-state index in [2.05, 4.69) is 13.0 Å². The van der Waals surface area contributed by atoms with Crippen molar-refractivity contribution < 1.29 is 9.90 Å². The van der Waals surface area contributed by atoms with Crippen LogP contribution >= 0.6 is 0 Å². The van der Waals surface area contributed by atoms with Crippen molar-refractivity contribution in [3.8, 4) is 5.75 Å². The Kier molecular flexibility index (Phi) is 2.86. The SMILES string of the molecule is CCCC1C2=CC(=O)C=CC2=Cc2ccc(O)cc21. The molecule has 3 rings (SSSR count). The first-order chi connectivity index (χ1) is 9.19. The van der Waals surface area contributed by atoms with E-state index in [0.29, 0.717) is 0 Å². The molecule has 0 heterocycles. The highest BCUT2D eigenvalue weighted by Crippen LogP contribution is 2.43. The van der Waals surface area contributed by atoms with Gasteiger partial charge in [-0.05, 0) is 59.1 Å². The van der Waals surface area contributed by atoms with Gasteiger partial charge in [-0.3, -0.25) is 4.79 Å². The number of carbonyl (C=O) groups excluding carboxylic acids is 1. The molecular weight excluding hydrogens is 236 g/mol. The number of phenolic OH excluding ortho intramolecular Hbond substituents is 1. The van der Waals surface area contributed by atoms with Crippen LogP contribution < -0.4 is 0 Å². The molecule has 0 amide bonds. The predicted octanol–water partition coefficient (Wildman–Crippen LogP) is 3.74. The number of aromatic hydroxyl groups is 1. The lowest BCUT2D eigenvalue weighted by molar-refractivity contribution is -0.110. The largest absolute Gasteiger partial charge is 0.508 e. The highest BCUT2D eigenvalue weighted by Gasteiger charge is 2.27. The molecule has 0 aliphatic heterocycles. The van der Waals surface area contributed by atoms with Crippen molar-refractivity contribution in [2.24, 2.45) is 0 Å². The van der Waals surface area contributed by atoms with E-state index >= 15 is 0 Å². The summed E-state index contributed by atoms with van der Waals surface area (Å²) < 4.78 is 0. The second kappa shape index (κ2) is 4.54. The number of fused-ring (bicyclic) bond motifs is 2. The van der Waals surface area contributed by atoms with E-state index in [1.54, 1.807) is 18.2 Å². The number of carbonyl (C=O) groups is 1. The molecule has 1 N–H and O–H groups in total. The van der Waals surface area contributed by atoms with Gasteiger partial charge in [-0.2, -0.15) is 0 Å². The molecule has 0 bridgehead atoms. The smallest absolute Gasteiger partial charge is 0.178 e. The Balaban J connectivity index is 2.18. The number of hydrogen-bond acceptors (Lipinski definition) is 2. The molecule has 19 heavy (non-hydrogen) atoms. The van der Waals surface area contributed by atoms with Gasteiger partial charge in [-0.15, -0.1) is 0 Å². The minimum absolute atomic E-state index is 0.0526. The molecule has 0 saturated carbocycles. The standard InChI is InChI=1S/C17H16O2/c1-2-3-15-16-9-13(18)6-4-11(16)8-12-5-7-14(19)10-17(12)15/h4-10,15,18H,2-3H2,1H3. The van der Waals surface area contributed by atoms with Gasteiger partial charge in [0.15, 0.2) is 5.78 Å². The van der Waals surface area contributed by atoms with Crippen LogP contribution in [0.4, 0.5) is 0 Å². The second-order valence-electron chi connectivity index (χ2n) is 5.09. The van der Waals surface area contributed by atoms with Crippen molar-refractivity contribution in [1.29, 1.82) is 0 Å². The van der Waals surface area contributed by atoms with E-state index in [1.807, 2.05) is 18.2 Å². The molecule has 2 aliphatic rings. The summed E-state index contributed by atoms with van der Waals surface area (Å²) in [6, 6.07) is 5.49. The zero-order chi connectivity index (χ0) is 13.4. The molecule has 0 aromatic heterocycles. The molecule has 1 aromatic rings. The molecule has 0 fully saturated rings. The minimum Gasteiger partial charge on any atom is -0.508 e. The van der Waals surface area contributed by atoms with Crippen molar-refractivity contribution in [2.45, 2.75) is 25.7 Å². The van der Waals surface area contributed by atoms with Crippen molar-refractivity contribution in [2.75, 3.05) is 0 Å². The summed E-state index contributed by atoms with van der Waals surface area (Å²) in [6.45, 7) is 2.14. The van der Waals surface area contributed by atoms with Crippen LogP contribution in [0.2, 0.25) is 0 Å². The first-order valence-electron chi connectivity index (χ1n) is 6.67. The third-order valence-electron chi connectivity index (χ3n) is 3.77. The van der Waals surface area contributed by atoms with Crippen LogP contribution in [0.5, 0.6) is 5.75 Å². The van der Waals surface area contributed by atoms with Crippen molar-refractivity contribution in [3.05, 3.63) is 58.7 Å². The Labute approximate surface area is 112 Å². The van der Waals surface area contributed by atoms with E-state index in [0.717, 1.165) is 35.1 Å². The number of rotatable bonds is 2. The van der Waals surface area contributed by atoms with Crippen molar-refractivity contribution in [1.82, 2.24) is 0 Å². The Morgan fingerprint density at radius 2 is 2.05 bits per heavy atom. The third kappa shape index (κ3) is 2.03. The Bertz CT molecular complexity index is 633. The number of allylic oxidation sites excluding steroid dienone is 5. The lowest BCUT2D eigenvalue weighted by Gasteiger charge is -2.29. The van der Waals surface area contributed by atoms with Crippen LogP contribution in [-0.2, 0) is 4.79 Å². The van der Waals surface area contributed by atoms with Crippen LogP contribution in [-0.4, -0.2) is 10.9 Å². The van der Waals surface area contributed by atoms with Gasteiger partial charge in [-0.1, -0.05) is 25.5 Å². The summed E-state index contributed by atoms with van der Waals surface area (Å²) in [5, 5.41) is 9.70. The zero-order valence-corrected chi connectivity index (χ0v) is 10.9. The lowest BCUT2D eigenvalue weighted by Crippen LogP contribution is -2.14. The average molecular weight is 252 g/mol. The van der Waals surface area contributed by atoms with Crippen molar-refractivity contribution in [3.63, 3.8) is 0 Å². The molecule has 1 unspecified atom stereocenters. The Morgan fingerprint density at radius 1 is 1.21 bits per heavy atom. The molecule has 1 aromatic carbocycles. The molecule has 2 nitrogen and oxygen atoms in total. The molecule has 96 valence electrons. The molecule has 0 saturated heterocycles. The number of hydrogen-bond donors (Lipinski definition) is 1. The van der Waals surface area contributed by atoms with Crippen LogP contribution in [0.1, 0.15) is 36.8 Å². The van der Waals surface area contributed by atoms with Crippen LogP contribution in [0.25, 0.3) is 6.08 Å². The summed E-state index contributed by atoms with van der Waals surface area (Å²) in [4.78, 5) is 11.6. The van der Waals surface area contributed by atoms with Gasteiger partial charge in [0.05, 0.1) is 0 Å². The first-order valence-corrected chi connectivity index (χ1v) is 6.67. The van der Waals surface area contributed by atoms with Gasteiger partial charge >= 0.3 is 0 Å². The summed E-state index contributed by atoms with van der Waals surface area (Å²) in [7, 11) is 0. The van der Waals surface area contributed by atoms with E-state index in [-0.39, 0.29) is 17.5 Å². The summed E-state index contributed by atoms with van der Waals surface area (Å²) >= 11 is 0. The Morgan fingerprint density at radius 3 is 2.84 bits per heavy atom. The predicted molar refractivity (Wildman–Crippen MR) is 76.0 cm³/mol. The maximum atomic E-state index is 11.6. The second-order valence-corrected chi connectivity index (χ2v) is 5.09. The highest BCUT2D eigenvalue weighted by atomic mass is 16.3. The average Bonchev–Trinajstić information content (AvgIpc) is 2.40. The van der Waals surface area contributed by atoms with E-state index in [9.17, 15) is 9.90 Å². The highest BCUT2D eigenvalue weighted by molar-refractivity contribution is 6.03. The molecular formula is C17H16O2. The molecule has 1 atom stereocenters. The van der Waals surface area contributed by atoms with E-state index < -0.39 is 0 Å². The minimum atomic E-state index is 0.0526. The molecule has 0 radical (unpaired) electrons. The van der Waals surface area contributed by atoms with Crippen LogP contribution in [0.15, 0.2) is 47.6 Å². The summed E-state index contributed by atoms with van der Waals surface area (Å²) in [6.07, 6.45) is 9.37. The Hall–Kier alpha value is -2.09. The zero-order valence-electron chi connectivity index (χ0n) is 10.9. The van der Waals surface area contributed by atoms with Gasteiger partial charge in [-0.25, -0.2) is 0 Å². The summed E-state index contributed by atoms with van der Waals surface area (Å²) in [5.41, 5.74) is 4.48. The van der Waals surface area contributed by atoms with E-state index in [1.165, 1.54) is 0 Å².